The fourth-order valence-corrected chi connectivity index (χ4v) is 2.15. The summed E-state index contributed by atoms with van der Waals surface area (Å²) in [5.41, 5.74) is 1.52. The summed E-state index contributed by atoms with van der Waals surface area (Å²) in [6, 6.07) is 7.89. The third kappa shape index (κ3) is 3.11. The van der Waals surface area contributed by atoms with Crippen molar-refractivity contribution < 1.29 is 0 Å². The number of halogens is 1. The summed E-state index contributed by atoms with van der Waals surface area (Å²) in [6.45, 7) is 0.811. The average molecular weight is 305 g/mol. The highest BCUT2D eigenvalue weighted by molar-refractivity contribution is 9.10. The molecule has 18 heavy (non-hydrogen) atoms. The largest absolute Gasteiger partial charge is 0.384 e. The Morgan fingerprint density at radius 1 is 1.44 bits per heavy atom. The van der Waals surface area contributed by atoms with Gasteiger partial charge in [0.1, 0.15) is 11.9 Å². The molecule has 2 aromatic rings. The number of hydrogen-bond donors (Lipinski definition) is 2. The van der Waals surface area contributed by atoms with Gasteiger partial charge in [0.25, 0.3) is 0 Å². The number of aromatic nitrogens is 2. The monoisotopic (exact) mass is 304 g/mol. The highest BCUT2D eigenvalue weighted by atomic mass is 79.9. The maximum Gasteiger partial charge on any atom is 0.106 e. The van der Waals surface area contributed by atoms with E-state index in [4.69, 9.17) is 5.26 Å². The highest BCUT2D eigenvalue weighted by Crippen LogP contribution is 2.23. The van der Waals surface area contributed by atoms with Gasteiger partial charge in [-0.25, -0.2) is 4.98 Å². The van der Waals surface area contributed by atoms with E-state index in [1.54, 1.807) is 6.20 Å². The second-order valence-corrected chi connectivity index (χ2v) is 4.69. The molecule has 1 aromatic carbocycles. The van der Waals surface area contributed by atoms with Crippen molar-refractivity contribution in [2.24, 2.45) is 0 Å². The minimum Gasteiger partial charge on any atom is -0.384 e. The van der Waals surface area contributed by atoms with Crippen LogP contribution in [0.25, 0.3) is 0 Å². The summed E-state index contributed by atoms with van der Waals surface area (Å²) in [5.74, 6) is 0.992. The molecule has 0 atom stereocenters. The van der Waals surface area contributed by atoms with Crippen molar-refractivity contribution >= 4 is 21.6 Å². The fourth-order valence-electron chi connectivity index (χ4n) is 1.70. The van der Waals surface area contributed by atoms with Crippen molar-refractivity contribution in [2.45, 2.75) is 12.8 Å². The summed E-state index contributed by atoms with van der Waals surface area (Å²) >= 11 is 3.37. The van der Waals surface area contributed by atoms with Gasteiger partial charge in [0, 0.05) is 29.8 Å². The molecule has 0 saturated heterocycles. The zero-order valence-corrected chi connectivity index (χ0v) is 11.4. The Bertz CT molecular complexity index is 543. The van der Waals surface area contributed by atoms with E-state index in [2.05, 4.69) is 37.3 Å². The third-order valence-electron chi connectivity index (χ3n) is 2.59. The van der Waals surface area contributed by atoms with Crippen molar-refractivity contribution in [3.05, 3.63) is 46.5 Å². The molecule has 0 aliphatic rings. The van der Waals surface area contributed by atoms with Gasteiger partial charge in [-0.3, -0.25) is 0 Å². The topological polar surface area (TPSA) is 64.5 Å². The Morgan fingerprint density at radius 3 is 3.06 bits per heavy atom. The van der Waals surface area contributed by atoms with E-state index in [1.165, 1.54) is 0 Å². The van der Waals surface area contributed by atoms with Crippen LogP contribution in [-0.4, -0.2) is 16.5 Å². The van der Waals surface area contributed by atoms with Crippen molar-refractivity contribution in [3.8, 4) is 6.07 Å². The Hall–Kier alpha value is -1.80. The van der Waals surface area contributed by atoms with Gasteiger partial charge >= 0.3 is 0 Å². The Kier molecular flexibility index (Phi) is 4.37. The maximum absolute atomic E-state index is 9.07. The molecule has 5 heteroatoms. The van der Waals surface area contributed by atoms with Gasteiger partial charge in [-0.15, -0.1) is 0 Å². The number of aromatic amines is 1. The molecule has 0 aliphatic heterocycles. The average Bonchev–Trinajstić information content (AvgIpc) is 2.88. The van der Waals surface area contributed by atoms with Gasteiger partial charge in [0.05, 0.1) is 11.3 Å². The van der Waals surface area contributed by atoms with Crippen LogP contribution in [0.1, 0.15) is 17.8 Å². The lowest BCUT2D eigenvalue weighted by Gasteiger charge is -2.08. The van der Waals surface area contributed by atoms with Gasteiger partial charge in [-0.2, -0.15) is 5.26 Å². The van der Waals surface area contributed by atoms with E-state index in [-0.39, 0.29) is 0 Å². The first kappa shape index (κ1) is 12.7. The maximum atomic E-state index is 9.07. The van der Waals surface area contributed by atoms with Crippen LogP contribution in [0.2, 0.25) is 0 Å². The predicted octanol–water partition coefficient (Wildman–Crippen LogP) is 3.09. The zero-order valence-electron chi connectivity index (χ0n) is 9.78. The molecule has 0 aliphatic carbocycles. The van der Waals surface area contributed by atoms with E-state index in [0.717, 1.165) is 35.4 Å². The molecule has 0 fully saturated rings. The number of anilines is 1. The number of hydrogen-bond acceptors (Lipinski definition) is 3. The second-order valence-electron chi connectivity index (χ2n) is 3.84. The van der Waals surface area contributed by atoms with Crippen LogP contribution in [0, 0.1) is 11.3 Å². The lowest BCUT2D eigenvalue weighted by Crippen LogP contribution is -2.05. The molecule has 1 heterocycles. The molecule has 0 amide bonds. The Morgan fingerprint density at radius 2 is 2.33 bits per heavy atom. The van der Waals surface area contributed by atoms with Gasteiger partial charge < -0.3 is 10.3 Å². The molecule has 2 N–H and O–H groups in total. The molecule has 0 radical (unpaired) electrons. The molecular formula is C13H13BrN4. The normalized spacial score (nSPS) is 10.0. The van der Waals surface area contributed by atoms with Crippen LogP contribution < -0.4 is 5.32 Å². The van der Waals surface area contributed by atoms with Gasteiger partial charge in [-0.05, 0) is 34.5 Å². The first-order chi connectivity index (χ1) is 8.81. The molecule has 0 bridgehead atoms. The van der Waals surface area contributed by atoms with Crippen LogP contribution >= 0.6 is 15.9 Å². The smallest absolute Gasteiger partial charge is 0.106 e. The van der Waals surface area contributed by atoms with E-state index < -0.39 is 0 Å². The van der Waals surface area contributed by atoms with E-state index in [1.807, 2.05) is 24.4 Å². The number of nitrogens with one attached hydrogen (secondary N) is 2. The predicted molar refractivity (Wildman–Crippen MR) is 74.3 cm³/mol. The number of aryl methyl sites for hydroxylation is 1. The summed E-state index contributed by atoms with van der Waals surface area (Å²) in [4.78, 5) is 7.23. The second kappa shape index (κ2) is 6.22. The van der Waals surface area contributed by atoms with Crippen molar-refractivity contribution in [1.29, 1.82) is 5.26 Å². The van der Waals surface area contributed by atoms with Crippen LogP contribution in [0.4, 0.5) is 5.69 Å². The Balaban J connectivity index is 1.87. The van der Waals surface area contributed by atoms with Gasteiger partial charge in [-0.1, -0.05) is 6.07 Å². The Labute approximate surface area is 114 Å². The minimum absolute atomic E-state index is 0.649. The number of imidazole rings is 1. The number of nitriles is 1. The molecule has 4 nitrogen and oxygen atoms in total. The standard InChI is InChI=1S/C13H13BrN4/c14-11-3-1-4-12(10(11)9-15)16-6-2-5-13-17-7-8-18-13/h1,3-4,7-8,16H,2,5-6H2,(H,17,18). The fraction of sp³-hybridized carbons (Fsp3) is 0.231. The van der Waals surface area contributed by atoms with Crippen LogP contribution in [0.15, 0.2) is 35.1 Å². The van der Waals surface area contributed by atoms with Crippen LogP contribution in [-0.2, 0) is 6.42 Å². The van der Waals surface area contributed by atoms with Crippen LogP contribution in [0.5, 0.6) is 0 Å². The number of H-pyrrole nitrogens is 1. The van der Waals surface area contributed by atoms with E-state index in [9.17, 15) is 0 Å². The SMILES string of the molecule is N#Cc1c(Br)cccc1NCCCc1ncc[nH]1. The summed E-state index contributed by atoms with van der Waals surface area (Å²) < 4.78 is 0.820. The molecule has 92 valence electrons. The van der Waals surface area contributed by atoms with Crippen molar-refractivity contribution in [3.63, 3.8) is 0 Å². The van der Waals surface area contributed by atoms with E-state index >= 15 is 0 Å². The lowest BCUT2D eigenvalue weighted by molar-refractivity contribution is 0.816. The zero-order chi connectivity index (χ0) is 12.8. The summed E-state index contributed by atoms with van der Waals surface area (Å²) in [5, 5.41) is 12.3. The van der Waals surface area contributed by atoms with Crippen molar-refractivity contribution in [2.75, 3.05) is 11.9 Å². The number of benzene rings is 1. The minimum atomic E-state index is 0.649. The number of nitrogens with zero attached hydrogens (tertiary/aromatic N) is 2. The molecule has 0 spiro atoms. The van der Waals surface area contributed by atoms with Gasteiger partial charge in [0.2, 0.25) is 0 Å². The molecule has 1 aromatic heterocycles. The van der Waals surface area contributed by atoms with E-state index in [0.29, 0.717) is 5.56 Å². The molecule has 2 rings (SSSR count). The first-order valence-corrected chi connectivity index (χ1v) is 6.51. The van der Waals surface area contributed by atoms with Crippen molar-refractivity contribution in [1.82, 2.24) is 9.97 Å². The van der Waals surface area contributed by atoms with Gasteiger partial charge in [0.15, 0.2) is 0 Å². The highest BCUT2D eigenvalue weighted by Gasteiger charge is 2.04. The molecule has 0 saturated carbocycles. The summed E-state index contributed by atoms with van der Waals surface area (Å²) in [7, 11) is 0. The van der Waals surface area contributed by atoms with Crippen LogP contribution in [0.3, 0.4) is 0 Å². The lowest BCUT2D eigenvalue weighted by atomic mass is 10.2. The summed E-state index contributed by atoms with van der Waals surface area (Å²) in [6.07, 6.45) is 5.44. The quantitative estimate of drug-likeness (QED) is 0.834. The number of rotatable bonds is 5. The third-order valence-corrected chi connectivity index (χ3v) is 3.25. The molecule has 0 unspecified atom stereocenters. The molecular weight excluding hydrogens is 292 g/mol. The first-order valence-electron chi connectivity index (χ1n) is 5.72.